The Bertz CT molecular complexity index is 2200. The number of aromatic amines is 1. The van der Waals surface area contributed by atoms with Crippen LogP contribution < -0.4 is 10.5 Å². The van der Waals surface area contributed by atoms with Crippen LogP contribution in [0.25, 0.3) is 27.2 Å². The minimum absolute atomic E-state index is 0.0896. The molecule has 2 N–H and O–H groups in total. The molecule has 43 heavy (non-hydrogen) atoms. The third-order valence-corrected chi connectivity index (χ3v) is 8.25. The van der Waals surface area contributed by atoms with Gasteiger partial charge in [-0.1, -0.05) is 30.4 Å². The summed E-state index contributed by atoms with van der Waals surface area (Å²) in [7, 11) is 0. The molecule has 5 aromatic rings. The molecule has 0 saturated heterocycles. The van der Waals surface area contributed by atoms with Gasteiger partial charge >= 0.3 is 0 Å². The first kappa shape index (κ1) is 24.8. The summed E-state index contributed by atoms with van der Waals surface area (Å²) in [5.41, 5.74) is 2.89. The first-order valence-corrected chi connectivity index (χ1v) is 13.6. The van der Waals surface area contributed by atoms with Crippen LogP contribution >= 0.6 is 0 Å². The molecule has 3 aliphatic rings. The van der Waals surface area contributed by atoms with Gasteiger partial charge in [-0.2, -0.15) is 0 Å². The average molecular weight is 566 g/mol. The molecule has 8 rings (SSSR count). The van der Waals surface area contributed by atoms with E-state index in [1.54, 1.807) is 36.4 Å². The van der Waals surface area contributed by atoms with Crippen molar-refractivity contribution in [1.29, 1.82) is 0 Å². The van der Waals surface area contributed by atoms with Crippen molar-refractivity contribution in [2.75, 3.05) is 4.90 Å². The number of imide groups is 1. The first-order chi connectivity index (χ1) is 20.8. The molecule has 4 aromatic carbocycles. The van der Waals surface area contributed by atoms with Gasteiger partial charge in [0.25, 0.3) is 17.4 Å². The van der Waals surface area contributed by atoms with Gasteiger partial charge in [0.05, 0.1) is 27.7 Å². The van der Waals surface area contributed by atoms with E-state index in [4.69, 9.17) is 0 Å². The van der Waals surface area contributed by atoms with Crippen molar-refractivity contribution >= 4 is 56.3 Å². The summed E-state index contributed by atoms with van der Waals surface area (Å²) in [6, 6.07) is 17.5. The molecule has 9 nitrogen and oxygen atoms in total. The Balaban J connectivity index is 1.16. The second-order valence-corrected chi connectivity index (χ2v) is 10.7. The Morgan fingerprint density at radius 3 is 2.00 bits per heavy atom. The fourth-order valence-corrected chi connectivity index (χ4v) is 6.11. The fourth-order valence-electron chi connectivity index (χ4n) is 6.11. The number of ketones is 2. The summed E-state index contributed by atoms with van der Waals surface area (Å²) >= 11 is 0. The SMILES string of the molecule is O=C1c2cc3cc4c(cc3cc2C(=O)C1c1nc2ccc(O)cc2c(=O)[nH]1)C(=O)N(c1ccc(C2=CCC=C2)cc1)C4=O. The van der Waals surface area contributed by atoms with E-state index in [2.05, 4.69) is 22.1 Å². The molecular formula is C34H19N3O6. The molecule has 1 aromatic heterocycles. The molecule has 0 saturated carbocycles. The minimum atomic E-state index is -1.35. The molecule has 0 bridgehead atoms. The molecule has 2 amide bonds. The molecule has 0 fully saturated rings. The Morgan fingerprint density at radius 2 is 1.40 bits per heavy atom. The van der Waals surface area contributed by atoms with Crippen LogP contribution in [0.1, 0.15) is 65.2 Å². The third kappa shape index (κ3) is 3.58. The van der Waals surface area contributed by atoms with Gasteiger partial charge < -0.3 is 10.1 Å². The van der Waals surface area contributed by atoms with Gasteiger partial charge in [0.2, 0.25) is 0 Å². The minimum Gasteiger partial charge on any atom is -0.508 e. The number of fused-ring (bicyclic) bond motifs is 4. The van der Waals surface area contributed by atoms with Gasteiger partial charge in [-0.05, 0) is 82.9 Å². The van der Waals surface area contributed by atoms with E-state index in [0.717, 1.165) is 22.5 Å². The highest BCUT2D eigenvalue weighted by Gasteiger charge is 2.43. The number of aromatic hydroxyl groups is 1. The third-order valence-electron chi connectivity index (χ3n) is 8.25. The van der Waals surface area contributed by atoms with Crippen LogP contribution in [0, 0.1) is 0 Å². The highest BCUT2D eigenvalue weighted by molar-refractivity contribution is 6.36. The molecule has 0 radical (unpaired) electrons. The summed E-state index contributed by atoms with van der Waals surface area (Å²) in [5, 5.41) is 10.9. The van der Waals surface area contributed by atoms with Gasteiger partial charge in [0, 0.05) is 11.1 Å². The molecule has 2 aliphatic carbocycles. The van der Waals surface area contributed by atoms with Crippen molar-refractivity contribution in [3.63, 3.8) is 0 Å². The number of hydrogen-bond acceptors (Lipinski definition) is 7. The Kier molecular flexibility index (Phi) is 5.06. The molecule has 0 atom stereocenters. The molecule has 2 heterocycles. The number of phenols is 1. The van der Waals surface area contributed by atoms with Crippen molar-refractivity contribution in [2.45, 2.75) is 12.3 Å². The zero-order valence-electron chi connectivity index (χ0n) is 22.3. The van der Waals surface area contributed by atoms with E-state index in [0.29, 0.717) is 16.5 Å². The number of carbonyl (C=O) groups excluding carboxylic acids is 4. The largest absolute Gasteiger partial charge is 0.508 e. The van der Waals surface area contributed by atoms with E-state index in [-0.39, 0.29) is 44.7 Å². The van der Waals surface area contributed by atoms with Crippen LogP contribution in [-0.2, 0) is 0 Å². The number of nitrogens with zero attached hydrogens (tertiary/aromatic N) is 2. The molecule has 9 heteroatoms. The van der Waals surface area contributed by atoms with Gasteiger partial charge in [-0.3, -0.25) is 24.0 Å². The number of nitrogens with one attached hydrogen (secondary N) is 1. The molecule has 1 aliphatic heterocycles. The maximum Gasteiger partial charge on any atom is 0.266 e. The smallest absolute Gasteiger partial charge is 0.266 e. The number of aromatic nitrogens is 2. The van der Waals surface area contributed by atoms with Gasteiger partial charge in [-0.15, -0.1) is 0 Å². The lowest BCUT2D eigenvalue weighted by Gasteiger charge is -2.14. The Labute approximate surface area is 242 Å². The first-order valence-electron chi connectivity index (χ1n) is 13.6. The van der Waals surface area contributed by atoms with E-state index >= 15 is 0 Å². The van der Waals surface area contributed by atoms with Crippen molar-refractivity contribution in [2.24, 2.45) is 0 Å². The molecule has 0 spiro atoms. The van der Waals surface area contributed by atoms with E-state index in [1.807, 2.05) is 18.2 Å². The van der Waals surface area contributed by atoms with Crippen LogP contribution in [0.5, 0.6) is 5.75 Å². The zero-order chi connectivity index (χ0) is 29.6. The number of hydrogen-bond donors (Lipinski definition) is 2. The number of carbonyl (C=O) groups is 4. The van der Waals surface area contributed by atoms with Crippen LogP contribution in [0.2, 0.25) is 0 Å². The average Bonchev–Trinajstić information content (AvgIpc) is 3.69. The second-order valence-electron chi connectivity index (χ2n) is 10.7. The van der Waals surface area contributed by atoms with Gasteiger partial charge in [-0.25, -0.2) is 9.88 Å². The molecule has 0 unspecified atom stereocenters. The van der Waals surface area contributed by atoms with Gasteiger partial charge in [0.1, 0.15) is 17.5 Å². The topological polar surface area (TPSA) is 138 Å². The van der Waals surface area contributed by atoms with E-state index in [9.17, 15) is 29.1 Å². The predicted octanol–water partition coefficient (Wildman–Crippen LogP) is 5.09. The number of allylic oxidation sites excluding steroid dienone is 4. The second kappa shape index (κ2) is 8.77. The molecular weight excluding hydrogens is 546 g/mol. The number of anilines is 1. The van der Waals surface area contributed by atoms with Crippen LogP contribution in [0.3, 0.4) is 0 Å². The number of amides is 2. The lowest BCUT2D eigenvalue weighted by molar-refractivity contribution is 0.0880. The van der Waals surface area contributed by atoms with Crippen molar-refractivity contribution < 1.29 is 24.3 Å². The maximum atomic E-state index is 13.5. The van der Waals surface area contributed by atoms with E-state index < -0.39 is 34.9 Å². The Hall–Kier alpha value is -5.96. The number of rotatable bonds is 3. The standard InChI is InChI=1S/C34H19N3O6/c38-21-9-10-27-26(15-21)32(41)36-31(35-27)28-29(39)22-11-18-13-24-25(14-19(18)12-23(22)30(28)40)34(43)37(33(24)42)20-7-5-17(6-8-20)16-3-1-2-4-16/h1,3-15,28,38H,2H2,(H,35,36,41). The highest BCUT2D eigenvalue weighted by atomic mass is 16.3. The summed E-state index contributed by atoms with van der Waals surface area (Å²) < 4.78 is 0. The van der Waals surface area contributed by atoms with Crippen LogP contribution in [0.4, 0.5) is 5.69 Å². The van der Waals surface area contributed by atoms with Crippen molar-refractivity contribution in [1.82, 2.24) is 9.97 Å². The summed E-state index contributed by atoms with van der Waals surface area (Å²) in [5.74, 6) is -3.55. The lowest BCUT2D eigenvalue weighted by atomic mass is 9.98. The maximum absolute atomic E-state index is 13.5. The summed E-state index contributed by atoms with van der Waals surface area (Å²) in [6.45, 7) is 0. The monoisotopic (exact) mass is 565 g/mol. The summed E-state index contributed by atoms with van der Waals surface area (Å²) in [6.07, 6.45) is 7.06. The summed E-state index contributed by atoms with van der Waals surface area (Å²) in [4.78, 5) is 74.6. The van der Waals surface area contributed by atoms with Crippen molar-refractivity contribution in [3.05, 3.63) is 129 Å². The number of benzene rings is 4. The number of phenolic OH excluding ortho intramolecular Hbond substituents is 1. The number of H-pyrrole nitrogens is 1. The normalized spacial score (nSPS) is 16.1. The van der Waals surface area contributed by atoms with E-state index in [1.165, 1.54) is 18.2 Å². The van der Waals surface area contributed by atoms with Crippen LogP contribution in [0.15, 0.2) is 89.8 Å². The van der Waals surface area contributed by atoms with Crippen LogP contribution in [-0.4, -0.2) is 38.5 Å². The lowest BCUT2D eigenvalue weighted by Crippen LogP contribution is -2.29. The molecule has 206 valence electrons. The highest BCUT2D eigenvalue weighted by Crippen LogP contribution is 2.38. The fraction of sp³-hybridized carbons (Fsp3) is 0.0588. The number of Topliss-reactive ketones (excluding diaryl/α,β-unsaturated/α-hetero) is 2. The Morgan fingerprint density at radius 1 is 0.767 bits per heavy atom. The quantitative estimate of drug-likeness (QED) is 0.230. The van der Waals surface area contributed by atoms with Gasteiger partial charge in [0.15, 0.2) is 11.6 Å². The predicted molar refractivity (Wildman–Crippen MR) is 159 cm³/mol. The zero-order valence-corrected chi connectivity index (χ0v) is 22.3. The van der Waals surface area contributed by atoms with Crippen molar-refractivity contribution in [3.8, 4) is 5.75 Å².